The molecule has 1 aromatic carbocycles. The van der Waals surface area contributed by atoms with Gasteiger partial charge in [-0.2, -0.15) is 0 Å². The highest BCUT2D eigenvalue weighted by Crippen LogP contribution is 2.39. The number of primary amides is 1. The highest BCUT2D eigenvalue weighted by molar-refractivity contribution is 7.20. The Morgan fingerprint density at radius 3 is 2.82 bits per heavy atom. The molecule has 0 bridgehead atoms. The number of carbonyl (C=O) groups is 1. The number of hydrogen-bond donors (Lipinski definition) is 1. The van der Waals surface area contributed by atoms with Gasteiger partial charge in [-0.3, -0.25) is 9.69 Å². The summed E-state index contributed by atoms with van der Waals surface area (Å²) in [5, 5.41) is 1.07. The number of rotatable bonds is 6. The van der Waals surface area contributed by atoms with Gasteiger partial charge in [-0.15, -0.1) is 11.3 Å². The van der Waals surface area contributed by atoms with Crippen LogP contribution in [0.25, 0.3) is 10.2 Å². The Balaban J connectivity index is 1.50. The molecule has 0 aliphatic carbocycles. The zero-order valence-electron chi connectivity index (χ0n) is 16.2. The Hall–Kier alpha value is -2.44. The summed E-state index contributed by atoms with van der Waals surface area (Å²) < 4.78 is 5.72. The molecule has 28 heavy (non-hydrogen) atoms. The van der Waals surface area contributed by atoms with Crippen molar-refractivity contribution in [3.8, 4) is 5.75 Å². The Labute approximate surface area is 169 Å². The summed E-state index contributed by atoms with van der Waals surface area (Å²) in [6, 6.07) is 12.3. The number of fused-ring (bicyclic) bond motifs is 1. The maximum absolute atomic E-state index is 12.0. The van der Waals surface area contributed by atoms with Crippen LogP contribution in [0.5, 0.6) is 5.75 Å². The summed E-state index contributed by atoms with van der Waals surface area (Å²) in [6.07, 6.45) is 2.97. The number of hydrogen-bond acceptors (Lipinski definition) is 5. The van der Waals surface area contributed by atoms with E-state index in [-0.39, 0.29) is 12.0 Å². The van der Waals surface area contributed by atoms with Crippen molar-refractivity contribution in [2.75, 3.05) is 13.1 Å². The van der Waals surface area contributed by atoms with Gasteiger partial charge in [0.05, 0.1) is 11.0 Å². The van der Waals surface area contributed by atoms with Crippen LogP contribution in [0.15, 0.2) is 42.6 Å². The van der Waals surface area contributed by atoms with Crippen molar-refractivity contribution in [3.63, 3.8) is 0 Å². The van der Waals surface area contributed by atoms with Crippen molar-refractivity contribution in [2.45, 2.75) is 38.8 Å². The number of nitrogens with zero attached hydrogens (tertiary/aromatic N) is 2. The summed E-state index contributed by atoms with van der Waals surface area (Å²) >= 11 is 1.41. The number of pyridine rings is 1. The quantitative estimate of drug-likeness (QED) is 0.680. The van der Waals surface area contributed by atoms with Gasteiger partial charge in [-0.05, 0) is 56.1 Å². The van der Waals surface area contributed by atoms with Gasteiger partial charge in [-0.25, -0.2) is 4.98 Å². The molecule has 0 saturated carbocycles. The van der Waals surface area contributed by atoms with Gasteiger partial charge in [-0.1, -0.05) is 18.2 Å². The molecule has 0 radical (unpaired) electrons. The number of carbonyl (C=O) groups excluding carboxylic acids is 1. The average Bonchev–Trinajstić information content (AvgIpc) is 3.27. The first kappa shape index (κ1) is 18.9. The second-order valence-electron chi connectivity index (χ2n) is 7.60. The highest BCUT2D eigenvalue weighted by Gasteiger charge is 2.30. The molecular formula is C22H25N3O2S. The van der Waals surface area contributed by atoms with E-state index in [1.165, 1.54) is 16.9 Å². The lowest BCUT2D eigenvalue weighted by molar-refractivity contribution is 0.100. The molecule has 6 heteroatoms. The van der Waals surface area contributed by atoms with Crippen molar-refractivity contribution in [1.29, 1.82) is 0 Å². The van der Waals surface area contributed by atoms with Crippen molar-refractivity contribution in [3.05, 3.63) is 58.6 Å². The van der Waals surface area contributed by atoms with Crippen LogP contribution in [0, 0.1) is 0 Å². The minimum absolute atomic E-state index is 0.180. The number of thiophene rings is 1. The lowest BCUT2D eigenvalue weighted by Crippen LogP contribution is -2.20. The number of benzene rings is 1. The smallest absolute Gasteiger partial charge is 0.259 e. The first-order chi connectivity index (χ1) is 13.5. The van der Waals surface area contributed by atoms with Crippen molar-refractivity contribution >= 4 is 27.5 Å². The predicted octanol–water partition coefficient (Wildman–Crippen LogP) is 4.17. The monoisotopic (exact) mass is 395 g/mol. The molecule has 1 amide bonds. The average molecular weight is 396 g/mol. The van der Waals surface area contributed by atoms with Crippen molar-refractivity contribution in [2.24, 2.45) is 5.73 Å². The summed E-state index contributed by atoms with van der Waals surface area (Å²) in [5.74, 6) is 0.864. The Morgan fingerprint density at radius 2 is 2.11 bits per heavy atom. The number of aromatic nitrogens is 1. The topological polar surface area (TPSA) is 68.5 Å². The molecule has 5 nitrogen and oxygen atoms in total. The molecule has 3 heterocycles. The number of nitrogens with two attached hydrogens (primary N) is 1. The SMILES string of the molecule is CC(C)Oc1ccc(CN2CCC(c3c(C(N)=O)sc4ncccc34)C2)cc1. The minimum Gasteiger partial charge on any atom is -0.491 e. The Morgan fingerprint density at radius 1 is 1.32 bits per heavy atom. The largest absolute Gasteiger partial charge is 0.491 e. The van der Waals surface area contributed by atoms with Crippen LogP contribution in [0.2, 0.25) is 0 Å². The predicted molar refractivity (Wildman–Crippen MR) is 113 cm³/mol. The van der Waals surface area contributed by atoms with Gasteiger partial charge >= 0.3 is 0 Å². The first-order valence-electron chi connectivity index (χ1n) is 9.66. The summed E-state index contributed by atoms with van der Waals surface area (Å²) in [5.41, 5.74) is 8.03. The van der Waals surface area contributed by atoms with Crippen molar-refractivity contribution < 1.29 is 9.53 Å². The third kappa shape index (κ3) is 3.88. The molecule has 4 rings (SSSR count). The Bertz CT molecular complexity index is 981. The van der Waals surface area contributed by atoms with Crippen molar-refractivity contribution in [1.82, 2.24) is 9.88 Å². The van der Waals surface area contributed by atoms with Crippen LogP contribution in [0.1, 0.15) is 47.0 Å². The second kappa shape index (κ2) is 7.89. The number of likely N-dealkylation sites (tertiary alicyclic amines) is 1. The van der Waals surface area contributed by atoms with Crippen LogP contribution in [-0.2, 0) is 6.54 Å². The molecule has 1 aliphatic rings. The molecule has 2 aromatic heterocycles. The third-order valence-corrected chi connectivity index (χ3v) is 6.25. The molecule has 1 saturated heterocycles. The van der Waals surface area contributed by atoms with Gasteiger partial charge in [0.1, 0.15) is 10.6 Å². The normalized spacial score (nSPS) is 17.5. The number of amides is 1. The van der Waals surface area contributed by atoms with E-state index >= 15 is 0 Å². The third-order valence-electron chi connectivity index (χ3n) is 5.11. The lowest BCUT2D eigenvalue weighted by Gasteiger charge is -2.17. The molecule has 1 atom stereocenters. The van der Waals surface area contributed by atoms with E-state index in [9.17, 15) is 4.79 Å². The molecule has 1 aliphatic heterocycles. The highest BCUT2D eigenvalue weighted by atomic mass is 32.1. The van der Waals surface area contributed by atoms with E-state index in [1.54, 1.807) is 6.20 Å². The van der Waals surface area contributed by atoms with E-state index in [0.29, 0.717) is 10.8 Å². The fourth-order valence-electron chi connectivity index (χ4n) is 3.96. The molecule has 3 aromatic rings. The summed E-state index contributed by atoms with van der Waals surface area (Å²) in [4.78, 5) is 20.4. The fraction of sp³-hybridized carbons (Fsp3) is 0.364. The molecule has 1 unspecified atom stereocenters. The zero-order chi connectivity index (χ0) is 19.7. The second-order valence-corrected chi connectivity index (χ2v) is 8.60. The van der Waals surface area contributed by atoms with Gasteiger partial charge in [0.2, 0.25) is 0 Å². The van der Waals surface area contributed by atoms with Crippen LogP contribution < -0.4 is 10.5 Å². The molecular weight excluding hydrogens is 370 g/mol. The van der Waals surface area contributed by atoms with Crippen LogP contribution in [0.3, 0.4) is 0 Å². The standard InChI is InChI=1S/C22H25N3O2S/c1-14(2)27-17-7-5-15(6-8-17)12-25-11-9-16(13-25)19-18-4-3-10-24-22(18)28-20(19)21(23)26/h3-8,10,14,16H,9,11-13H2,1-2H3,(H2,23,26). The van der Waals surface area contributed by atoms with E-state index in [4.69, 9.17) is 10.5 Å². The van der Waals surface area contributed by atoms with E-state index < -0.39 is 0 Å². The maximum Gasteiger partial charge on any atom is 0.259 e. The van der Waals surface area contributed by atoms with Gasteiger partial charge in [0, 0.05) is 30.6 Å². The lowest BCUT2D eigenvalue weighted by atomic mass is 9.95. The maximum atomic E-state index is 12.0. The molecule has 1 fully saturated rings. The fourth-order valence-corrected chi connectivity index (χ4v) is 5.04. The van der Waals surface area contributed by atoms with E-state index in [2.05, 4.69) is 28.1 Å². The van der Waals surface area contributed by atoms with Crippen LogP contribution in [0.4, 0.5) is 0 Å². The van der Waals surface area contributed by atoms with E-state index in [0.717, 1.165) is 47.6 Å². The van der Waals surface area contributed by atoms with Gasteiger partial charge < -0.3 is 10.5 Å². The summed E-state index contributed by atoms with van der Waals surface area (Å²) in [7, 11) is 0. The number of ether oxygens (including phenoxy) is 1. The van der Waals surface area contributed by atoms with Crippen LogP contribution >= 0.6 is 11.3 Å². The molecule has 146 valence electrons. The van der Waals surface area contributed by atoms with Crippen LogP contribution in [-0.4, -0.2) is 35.0 Å². The summed E-state index contributed by atoms with van der Waals surface area (Å²) in [6.45, 7) is 6.88. The molecule has 0 spiro atoms. The van der Waals surface area contributed by atoms with Gasteiger partial charge in [0.15, 0.2) is 0 Å². The molecule has 2 N–H and O–H groups in total. The van der Waals surface area contributed by atoms with Gasteiger partial charge in [0.25, 0.3) is 5.91 Å². The van der Waals surface area contributed by atoms with E-state index in [1.807, 2.05) is 32.0 Å². The Kier molecular flexibility index (Phi) is 5.33. The minimum atomic E-state index is -0.350. The zero-order valence-corrected chi connectivity index (χ0v) is 17.0. The first-order valence-corrected chi connectivity index (χ1v) is 10.5.